The van der Waals surface area contributed by atoms with Crippen molar-refractivity contribution in [3.8, 4) is 0 Å². The third-order valence-corrected chi connectivity index (χ3v) is 5.86. The van der Waals surface area contributed by atoms with Crippen molar-refractivity contribution in [2.75, 3.05) is 48.4 Å². The molecule has 2 aromatic carbocycles. The van der Waals surface area contributed by atoms with Gasteiger partial charge in [-0.05, 0) is 61.4 Å². The van der Waals surface area contributed by atoms with E-state index >= 15 is 0 Å². The normalized spacial score (nSPS) is 18.9. The summed E-state index contributed by atoms with van der Waals surface area (Å²) < 4.78 is 5.15. The molecule has 2 aliphatic rings. The van der Waals surface area contributed by atoms with Gasteiger partial charge in [0.05, 0.1) is 12.5 Å². The highest BCUT2D eigenvalue weighted by Crippen LogP contribution is 2.23. The molecule has 2 fully saturated rings. The number of urea groups is 1. The van der Waals surface area contributed by atoms with Crippen molar-refractivity contribution in [1.82, 2.24) is 4.90 Å². The molecular weight excluding hydrogens is 432 g/mol. The van der Waals surface area contributed by atoms with E-state index in [9.17, 15) is 14.4 Å². The molecule has 9 heteroatoms. The number of carbonyl (C=O) groups excluding carboxylic acids is 3. The van der Waals surface area contributed by atoms with E-state index in [-0.39, 0.29) is 30.4 Å². The van der Waals surface area contributed by atoms with Gasteiger partial charge in [0.25, 0.3) is 5.91 Å². The van der Waals surface area contributed by atoms with E-state index in [0.717, 1.165) is 18.5 Å². The van der Waals surface area contributed by atoms with Crippen molar-refractivity contribution >= 4 is 46.5 Å². The number of rotatable bonds is 4. The molecule has 4 rings (SSSR count). The topological polar surface area (TPSA) is 91.0 Å². The summed E-state index contributed by atoms with van der Waals surface area (Å²) in [4.78, 5) is 40.7. The molecule has 0 spiro atoms. The predicted molar refractivity (Wildman–Crippen MR) is 123 cm³/mol. The molecular formula is C23H25ClN4O4. The van der Waals surface area contributed by atoms with Gasteiger partial charge in [-0.25, -0.2) is 4.79 Å². The molecule has 2 heterocycles. The molecule has 4 amide bonds. The lowest BCUT2D eigenvalue weighted by Gasteiger charge is -2.32. The van der Waals surface area contributed by atoms with Crippen molar-refractivity contribution in [3.63, 3.8) is 0 Å². The van der Waals surface area contributed by atoms with Crippen LogP contribution in [0.25, 0.3) is 0 Å². The molecule has 1 unspecified atom stereocenters. The van der Waals surface area contributed by atoms with Gasteiger partial charge in [-0.15, -0.1) is 0 Å². The molecule has 0 aliphatic carbocycles. The fourth-order valence-corrected chi connectivity index (χ4v) is 4.00. The molecule has 2 saturated heterocycles. The van der Waals surface area contributed by atoms with Gasteiger partial charge in [0.15, 0.2) is 0 Å². The van der Waals surface area contributed by atoms with E-state index in [1.165, 1.54) is 0 Å². The number of morpholine rings is 1. The molecule has 2 aliphatic heterocycles. The Kier molecular flexibility index (Phi) is 6.92. The Labute approximate surface area is 191 Å². The van der Waals surface area contributed by atoms with Gasteiger partial charge < -0.3 is 25.2 Å². The summed E-state index contributed by atoms with van der Waals surface area (Å²) in [5.41, 5.74) is 2.09. The van der Waals surface area contributed by atoms with Crippen LogP contribution in [-0.2, 0) is 14.3 Å². The molecule has 0 radical (unpaired) electrons. The quantitative estimate of drug-likeness (QED) is 0.735. The van der Waals surface area contributed by atoms with Crippen molar-refractivity contribution in [1.29, 1.82) is 0 Å². The van der Waals surface area contributed by atoms with Gasteiger partial charge in [0.2, 0.25) is 5.91 Å². The maximum absolute atomic E-state index is 12.8. The maximum atomic E-state index is 12.8. The SMILES string of the molecule is O=C(Nc1ccc(N2CCOCC2=O)cc1)C1CCCN(C(=O)Nc2ccc(Cl)cc2)C1. The van der Waals surface area contributed by atoms with E-state index in [4.69, 9.17) is 16.3 Å². The van der Waals surface area contributed by atoms with Gasteiger partial charge in [-0.2, -0.15) is 0 Å². The number of hydrogen-bond acceptors (Lipinski definition) is 4. The van der Waals surface area contributed by atoms with Crippen molar-refractivity contribution in [2.45, 2.75) is 12.8 Å². The van der Waals surface area contributed by atoms with Crippen LogP contribution in [-0.4, -0.2) is 55.6 Å². The fourth-order valence-electron chi connectivity index (χ4n) is 3.87. The van der Waals surface area contributed by atoms with Crippen LogP contribution < -0.4 is 15.5 Å². The number of hydrogen-bond donors (Lipinski definition) is 2. The van der Waals surface area contributed by atoms with E-state index in [1.807, 2.05) is 12.1 Å². The summed E-state index contributed by atoms with van der Waals surface area (Å²) >= 11 is 5.88. The molecule has 2 N–H and O–H groups in total. The second-order valence-corrected chi connectivity index (χ2v) is 8.29. The first kappa shape index (κ1) is 22.1. The van der Waals surface area contributed by atoms with Crippen LogP contribution in [0.3, 0.4) is 0 Å². The van der Waals surface area contributed by atoms with E-state index in [1.54, 1.807) is 46.2 Å². The average Bonchev–Trinajstić information content (AvgIpc) is 2.81. The van der Waals surface area contributed by atoms with Crippen LogP contribution in [0.15, 0.2) is 48.5 Å². The average molecular weight is 457 g/mol. The molecule has 32 heavy (non-hydrogen) atoms. The Morgan fingerprint density at radius 2 is 1.66 bits per heavy atom. The number of carbonyl (C=O) groups is 3. The second kappa shape index (κ2) is 10.0. The molecule has 1 atom stereocenters. The Balaban J connectivity index is 1.32. The van der Waals surface area contributed by atoms with Crippen molar-refractivity contribution in [2.24, 2.45) is 5.92 Å². The lowest BCUT2D eigenvalue weighted by atomic mass is 9.97. The number of ether oxygens (including phenoxy) is 1. The van der Waals surface area contributed by atoms with Crippen LogP contribution in [0.2, 0.25) is 5.02 Å². The number of benzene rings is 2. The second-order valence-electron chi connectivity index (χ2n) is 7.86. The number of halogens is 1. The third kappa shape index (κ3) is 5.38. The zero-order valence-corrected chi connectivity index (χ0v) is 18.3. The van der Waals surface area contributed by atoms with Gasteiger partial charge in [0.1, 0.15) is 6.61 Å². The van der Waals surface area contributed by atoms with Crippen LogP contribution in [0.4, 0.5) is 21.9 Å². The highest BCUT2D eigenvalue weighted by molar-refractivity contribution is 6.30. The van der Waals surface area contributed by atoms with Gasteiger partial charge in [0, 0.05) is 41.7 Å². The monoisotopic (exact) mass is 456 g/mol. The summed E-state index contributed by atoms with van der Waals surface area (Å²) in [5.74, 6) is -0.489. The van der Waals surface area contributed by atoms with Crippen LogP contribution in [0, 0.1) is 5.92 Å². The fraction of sp³-hybridized carbons (Fsp3) is 0.348. The molecule has 0 aromatic heterocycles. The minimum atomic E-state index is -0.291. The first-order valence-electron chi connectivity index (χ1n) is 10.6. The summed E-state index contributed by atoms with van der Waals surface area (Å²) in [5, 5.41) is 6.37. The van der Waals surface area contributed by atoms with Crippen LogP contribution in [0.5, 0.6) is 0 Å². The molecule has 0 saturated carbocycles. The molecule has 2 aromatic rings. The summed E-state index contributed by atoms with van der Waals surface area (Å²) in [6.07, 6.45) is 1.47. The Hall–Kier alpha value is -3.10. The van der Waals surface area contributed by atoms with E-state index in [2.05, 4.69) is 10.6 Å². The number of piperidine rings is 1. The van der Waals surface area contributed by atoms with Crippen molar-refractivity contribution in [3.05, 3.63) is 53.6 Å². The van der Waals surface area contributed by atoms with Gasteiger partial charge in [-0.1, -0.05) is 11.6 Å². The Bertz CT molecular complexity index is 980. The smallest absolute Gasteiger partial charge is 0.321 e. The summed E-state index contributed by atoms with van der Waals surface area (Å²) in [7, 11) is 0. The maximum Gasteiger partial charge on any atom is 0.321 e. The number of amides is 4. The minimum absolute atomic E-state index is 0.0767. The minimum Gasteiger partial charge on any atom is -0.370 e. The highest BCUT2D eigenvalue weighted by Gasteiger charge is 2.28. The molecule has 8 nitrogen and oxygen atoms in total. The first-order chi connectivity index (χ1) is 15.5. The third-order valence-electron chi connectivity index (χ3n) is 5.61. The summed E-state index contributed by atoms with van der Waals surface area (Å²) in [6, 6.07) is 13.9. The predicted octanol–water partition coefficient (Wildman–Crippen LogP) is 3.59. The number of nitrogens with zero attached hydrogens (tertiary/aromatic N) is 2. The highest BCUT2D eigenvalue weighted by atomic mass is 35.5. The standard InChI is InChI=1S/C23H25ClN4O4/c24-17-3-5-19(6-4-17)26-23(31)27-11-1-2-16(14-27)22(30)25-18-7-9-20(10-8-18)28-12-13-32-15-21(28)29/h3-10,16H,1-2,11-15H2,(H,25,30)(H,26,31). The van der Waals surface area contributed by atoms with E-state index < -0.39 is 0 Å². The van der Waals surface area contributed by atoms with Crippen LogP contribution in [0.1, 0.15) is 12.8 Å². The van der Waals surface area contributed by atoms with Gasteiger partial charge >= 0.3 is 6.03 Å². The zero-order valence-electron chi connectivity index (χ0n) is 17.6. The molecule has 0 bridgehead atoms. The number of nitrogens with one attached hydrogen (secondary N) is 2. The van der Waals surface area contributed by atoms with E-state index in [0.29, 0.717) is 42.6 Å². The number of likely N-dealkylation sites (tertiary alicyclic amines) is 1. The Morgan fingerprint density at radius 3 is 2.38 bits per heavy atom. The first-order valence-corrected chi connectivity index (χ1v) is 11.0. The van der Waals surface area contributed by atoms with Gasteiger partial charge in [-0.3, -0.25) is 9.59 Å². The van der Waals surface area contributed by atoms with Crippen LogP contribution >= 0.6 is 11.6 Å². The number of anilines is 3. The zero-order chi connectivity index (χ0) is 22.5. The summed E-state index contributed by atoms with van der Waals surface area (Å²) in [6.45, 7) is 2.06. The largest absolute Gasteiger partial charge is 0.370 e. The van der Waals surface area contributed by atoms with Crippen molar-refractivity contribution < 1.29 is 19.1 Å². The Morgan fingerprint density at radius 1 is 0.969 bits per heavy atom. The molecule has 168 valence electrons. The lowest BCUT2D eigenvalue weighted by Crippen LogP contribution is -2.45. The lowest BCUT2D eigenvalue weighted by molar-refractivity contribution is -0.125.